The number of nitrogens with zero attached hydrogens (tertiary/aromatic N) is 4. The van der Waals surface area contributed by atoms with E-state index in [1.54, 1.807) is 12.4 Å². The van der Waals surface area contributed by atoms with Gasteiger partial charge in [0.05, 0.1) is 18.4 Å². The number of carbonyl (C=O) groups is 1. The van der Waals surface area contributed by atoms with Crippen LogP contribution in [-0.2, 0) is 0 Å². The molecule has 0 aliphatic carbocycles. The predicted molar refractivity (Wildman–Crippen MR) is 82.5 cm³/mol. The van der Waals surface area contributed by atoms with Gasteiger partial charge in [0.1, 0.15) is 0 Å². The molecule has 2 aromatic rings. The SMILES string of the molecule is Cc1cccc(C(=O)N2C3CCC2CC(n2nccn2)C3)c1. The van der Waals surface area contributed by atoms with Crippen molar-refractivity contribution in [3.63, 3.8) is 0 Å². The highest BCUT2D eigenvalue weighted by atomic mass is 16.2. The number of hydrogen-bond acceptors (Lipinski definition) is 3. The Morgan fingerprint density at radius 2 is 1.77 bits per heavy atom. The summed E-state index contributed by atoms with van der Waals surface area (Å²) in [5.41, 5.74) is 1.95. The molecule has 2 bridgehead atoms. The van der Waals surface area contributed by atoms with Gasteiger partial charge in [-0.1, -0.05) is 17.7 Å². The summed E-state index contributed by atoms with van der Waals surface area (Å²) in [6.45, 7) is 2.03. The summed E-state index contributed by atoms with van der Waals surface area (Å²) in [6, 6.07) is 8.88. The molecule has 1 aromatic heterocycles. The van der Waals surface area contributed by atoms with Crippen molar-refractivity contribution >= 4 is 5.91 Å². The molecule has 0 radical (unpaired) electrons. The largest absolute Gasteiger partial charge is 0.333 e. The first-order valence-corrected chi connectivity index (χ1v) is 7.97. The number of aryl methyl sites for hydroxylation is 1. The van der Waals surface area contributed by atoms with Crippen molar-refractivity contribution in [1.82, 2.24) is 19.9 Å². The summed E-state index contributed by atoms with van der Waals surface area (Å²) < 4.78 is 0. The number of amides is 1. The molecular formula is C17H20N4O. The molecule has 0 saturated carbocycles. The van der Waals surface area contributed by atoms with Gasteiger partial charge in [-0.15, -0.1) is 0 Å². The third-order valence-corrected chi connectivity index (χ3v) is 4.97. The molecule has 5 heteroatoms. The normalized spacial score (nSPS) is 27.1. The summed E-state index contributed by atoms with van der Waals surface area (Å²) in [7, 11) is 0. The van der Waals surface area contributed by atoms with E-state index >= 15 is 0 Å². The van der Waals surface area contributed by atoms with E-state index in [0.717, 1.165) is 36.8 Å². The molecule has 0 N–H and O–H groups in total. The fraction of sp³-hybridized carbons (Fsp3) is 0.471. The van der Waals surface area contributed by atoms with Crippen LogP contribution in [0.15, 0.2) is 36.7 Å². The topological polar surface area (TPSA) is 51.0 Å². The maximum Gasteiger partial charge on any atom is 0.254 e. The fourth-order valence-corrected chi connectivity index (χ4v) is 4.01. The minimum atomic E-state index is 0.183. The lowest BCUT2D eigenvalue weighted by Crippen LogP contribution is -2.47. The first-order chi connectivity index (χ1) is 10.7. The molecule has 2 saturated heterocycles. The predicted octanol–water partition coefficient (Wildman–Crippen LogP) is 2.59. The molecule has 22 heavy (non-hydrogen) atoms. The van der Waals surface area contributed by atoms with Gasteiger partial charge in [0, 0.05) is 17.6 Å². The highest BCUT2D eigenvalue weighted by Crippen LogP contribution is 2.41. The van der Waals surface area contributed by atoms with Crippen LogP contribution >= 0.6 is 0 Å². The molecule has 4 rings (SSSR count). The second kappa shape index (κ2) is 5.23. The van der Waals surface area contributed by atoms with Crippen LogP contribution in [0.3, 0.4) is 0 Å². The second-order valence-electron chi connectivity index (χ2n) is 6.44. The molecule has 2 unspecified atom stereocenters. The molecule has 2 aliphatic heterocycles. The van der Waals surface area contributed by atoms with Crippen molar-refractivity contribution < 1.29 is 4.79 Å². The zero-order valence-electron chi connectivity index (χ0n) is 12.7. The number of aromatic nitrogens is 3. The lowest BCUT2D eigenvalue weighted by Gasteiger charge is -2.38. The van der Waals surface area contributed by atoms with Gasteiger partial charge < -0.3 is 4.90 Å². The summed E-state index contributed by atoms with van der Waals surface area (Å²) >= 11 is 0. The van der Waals surface area contributed by atoms with Gasteiger partial charge in [-0.3, -0.25) is 4.79 Å². The van der Waals surface area contributed by atoms with E-state index in [2.05, 4.69) is 15.1 Å². The number of fused-ring (bicyclic) bond motifs is 2. The summed E-state index contributed by atoms with van der Waals surface area (Å²) in [5.74, 6) is 0.183. The smallest absolute Gasteiger partial charge is 0.254 e. The zero-order valence-corrected chi connectivity index (χ0v) is 12.7. The molecule has 1 amide bonds. The molecule has 1 aromatic carbocycles. The number of carbonyl (C=O) groups excluding carboxylic acids is 1. The second-order valence-corrected chi connectivity index (χ2v) is 6.44. The first kappa shape index (κ1) is 13.5. The maximum atomic E-state index is 12.9. The average Bonchev–Trinajstić information content (AvgIpc) is 3.13. The fourth-order valence-electron chi connectivity index (χ4n) is 4.01. The van der Waals surface area contributed by atoms with E-state index in [0.29, 0.717) is 18.1 Å². The minimum absolute atomic E-state index is 0.183. The standard InChI is InChI=1S/C17H20N4O/c1-12-3-2-4-13(9-12)17(22)20-14-5-6-15(20)11-16(10-14)21-18-7-8-19-21/h2-4,7-9,14-16H,5-6,10-11H2,1H3. The Bertz CT molecular complexity index is 668. The van der Waals surface area contributed by atoms with Gasteiger partial charge in [0.25, 0.3) is 5.91 Å². The number of piperidine rings is 1. The van der Waals surface area contributed by atoms with Crippen molar-refractivity contribution in [3.05, 3.63) is 47.8 Å². The van der Waals surface area contributed by atoms with E-state index in [1.165, 1.54) is 0 Å². The quantitative estimate of drug-likeness (QED) is 0.856. The van der Waals surface area contributed by atoms with Crippen LogP contribution in [0.1, 0.15) is 47.6 Å². The Labute approximate surface area is 129 Å². The van der Waals surface area contributed by atoms with Gasteiger partial charge in [0.15, 0.2) is 0 Å². The van der Waals surface area contributed by atoms with Crippen LogP contribution in [-0.4, -0.2) is 37.9 Å². The van der Waals surface area contributed by atoms with Crippen LogP contribution in [0.5, 0.6) is 0 Å². The van der Waals surface area contributed by atoms with Crippen LogP contribution < -0.4 is 0 Å². The van der Waals surface area contributed by atoms with Crippen molar-refractivity contribution in [2.75, 3.05) is 0 Å². The minimum Gasteiger partial charge on any atom is -0.333 e. The monoisotopic (exact) mass is 296 g/mol. The molecule has 2 atom stereocenters. The highest BCUT2D eigenvalue weighted by Gasteiger charge is 2.44. The lowest BCUT2D eigenvalue weighted by molar-refractivity contribution is 0.0512. The van der Waals surface area contributed by atoms with Crippen molar-refractivity contribution in [2.45, 2.75) is 50.7 Å². The van der Waals surface area contributed by atoms with Gasteiger partial charge in [-0.25, -0.2) is 0 Å². The number of hydrogen-bond donors (Lipinski definition) is 0. The molecule has 2 fully saturated rings. The Hall–Kier alpha value is -2.17. The van der Waals surface area contributed by atoms with Gasteiger partial charge in [-0.05, 0) is 44.7 Å². The summed E-state index contributed by atoms with van der Waals surface area (Å²) in [6.07, 6.45) is 7.57. The van der Waals surface area contributed by atoms with Gasteiger partial charge >= 0.3 is 0 Å². The van der Waals surface area contributed by atoms with E-state index in [4.69, 9.17) is 0 Å². The highest BCUT2D eigenvalue weighted by molar-refractivity contribution is 5.95. The van der Waals surface area contributed by atoms with E-state index in [1.807, 2.05) is 36.0 Å². The molecule has 5 nitrogen and oxygen atoms in total. The van der Waals surface area contributed by atoms with Crippen LogP contribution in [0, 0.1) is 6.92 Å². The molecular weight excluding hydrogens is 276 g/mol. The van der Waals surface area contributed by atoms with Gasteiger partial charge in [0.2, 0.25) is 0 Å². The molecule has 3 heterocycles. The third-order valence-electron chi connectivity index (χ3n) is 4.97. The first-order valence-electron chi connectivity index (χ1n) is 7.97. The lowest BCUT2D eigenvalue weighted by atomic mass is 9.96. The summed E-state index contributed by atoms with van der Waals surface area (Å²) in [4.78, 5) is 16.8. The Morgan fingerprint density at radius 1 is 1.09 bits per heavy atom. The van der Waals surface area contributed by atoms with E-state index < -0.39 is 0 Å². The molecule has 2 aliphatic rings. The maximum absolute atomic E-state index is 12.9. The Balaban J connectivity index is 1.56. The van der Waals surface area contributed by atoms with Crippen molar-refractivity contribution in [3.8, 4) is 0 Å². The zero-order chi connectivity index (χ0) is 15.1. The summed E-state index contributed by atoms with van der Waals surface area (Å²) in [5, 5.41) is 8.56. The van der Waals surface area contributed by atoms with Crippen LogP contribution in [0.2, 0.25) is 0 Å². The van der Waals surface area contributed by atoms with Gasteiger partial charge in [-0.2, -0.15) is 15.0 Å². The van der Waals surface area contributed by atoms with E-state index in [9.17, 15) is 4.79 Å². The van der Waals surface area contributed by atoms with Crippen molar-refractivity contribution in [1.29, 1.82) is 0 Å². The third kappa shape index (κ3) is 2.21. The number of benzene rings is 1. The molecule has 114 valence electrons. The van der Waals surface area contributed by atoms with E-state index in [-0.39, 0.29) is 5.91 Å². The number of rotatable bonds is 2. The van der Waals surface area contributed by atoms with Crippen LogP contribution in [0.4, 0.5) is 0 Å². The Morgan fingerprint density at radius 3 is 2.41 bits per heavy atom. The van der Waals surface area contributed by atoms with Crippen molar-refractivity contribution in [2.24, 2.45) is 0 Å². The van der Waals surface area contributed by atoms with Crippen LogP contribution in [0.25, 0.3) is 0 Å². The Kier molecular flexibility index (Phi) is 3.21. The average molecular weight is 296 g/mol. The molecule has 0 spiro atoms.